The van der Waals surface area contributed by atoms with Gasteiger partial charge in [-0.05, 0) is 36.4 Å². The lowest BCUT2D eigenvalue weighted by Crippen LogP contribution is -2.03. The molecule has 104 valence electrons. The van der Waals surface area contributed by atoms with Crippen molar-refractivity contribution in [2.75, 3.05) is 5.73 Å². The van der Waals surface area contributed by atoms with Crippen LogP contribution in [0.25, 0.3) is 0 Å². The van der Waals surface area contributed by atoms with Gasteiger partial charge in [-0.1, -0.05) is 15.9 Å². The number of hydrogen-bond donors (Lipinski definition) is 2. The highest BCUT2D eigenvalue weighted by Gasteiger charge is 2.09. The minimum atomic E-state index is -1.08. The summed E-state index contributed by atoms with van der Waals surface area (Å²) in [7, 11) is 0. The molecule has 0 aliphatic carbocycles. The highest BCUT2D eigenvalue weighted by molar-refractivity contribution is 9.10. The number of halogens is 2. The van der Waals surface area contributed by atoms with Crippen LogP contribution < -0.4 is 10.5 Å². The highest BCUT2D eigenvalue weighted by atomic mass is 79.9. The monoisotopic (exact) mass is 339 g/mol. The number of benzene rings is 2. The third-order valence-electron chi connectivity index (χ3n) is 2.65. The molecule has 0 bridgehead atoms. The van der Waals surface area contributed by atoms with Crippen molar-refractivity contribution in [1.82, 2.24) is 0 Å². The summed E-state index contributed by atoms with van der Waals surface area (Å²) in [5.74, 6) is -1.27. The van der Waals surface area contributed by atoms with Crippen LogP contribution in [0.4, 0.5) is 10.1 Å². The number of carboxylic acid groups (broad SMARTS) is 1. The predicted molar refractivity (Wildman–Crippen MR) is 76.2 cm³/mol. The first-order valence-corrected chi connectivity index (χ1v) is 6.46. The number of ether oxygens (including phenoxy) is 1. The Balaban J connectivity index is 2.20. The SMILES string of the molecule is Nc1ccc(C(=O)O)cc1OCc1cc(Br)ccc1F. The molecule has 0 spiro atoms. The maximum Gasteiger partial charge on any atom is 0.335 e. The average Bonchev–Trinajstić information content (AvgIpc) is 2.41. The Morgan fingerprint density at radius 3 is 2.75 bits per heavy atom. The van der Waals surface area contributed by atoms with Crippen LogP contribution in [0.5, 0.6) is 5.75 Å². The van der Waals surface area contributed by atoms with Crippen LogP contribution in [0, 0.1) is 5.82 Å². The van der Waals surface area contributed by atoms with Gasteiger partial charge >= 0.3 is 5.97 Å². The van der Waals surface area contributed by atoms with E-state index in [2.05, 4.69) is 15.9 Å². The molecule has 2 aromatic carbocycles. The second kappa shape index (κ2) is 5.92. The highest BCUT2D eigenvalue weighted by Crippen LogP contribution is 2.25. The van der Waals surface area contributed by atoms with Crippen molar-refractivity contribution in [3.63, 3.8) is 0 Å². The van der Waals surface area contributed by atoms with Crippen molar-refractivity contribution < 1.29 is 19.0 Å². The van der Waals surface area contributed by atoms with E-state index >= 15 is 0 Å². The van der Waals surface area contributed by atoms with Gasteiger partial charge < -0.3 is 15.6 Å². The minimum absolute atomic E-state index is 0.0431. The molecule has 0 saturated heterocycles. The first-order chi connectivity index (χ1) is 9.47. The fraction of sp³-hybridized carbons (Fsp3) is 0.0714. The van der Waals surface area contributed by atoms with Gasteiger partial charge in [0.05, 0.1) is 11.3 Å². The molecule has 4 nitrogen and oxygen atoms in total. The lowest BCUT2D eigenvalue weighted by molar-refractivity contribution is 0.0696. The summed E-state index contributed by atoms with van der Waals surface area (Å²) in [4.78, 5) is 10.9. The molecule has 0 heterocycles. The van der Waals surface area contributed by atoms with E-state index in [1.807, 2.05) is 0 Å². The van der Waals surface area contributed by atoms with Crippen molar-refractivity contribution in [2.24, 2.45) is 0 Å². The number of anilines is 1. The molecule has 20 heavy (non-hydrogen) atoms. The van der Waals surface area contributed by atoms with Gasteiger partial charge in [0.1, 0.15) is 18.2 Å². The van der Waals surface area contributed by atoms with Gasteiger partial charge in [-0.2, -0.15) is 0 Å². The van der Waals surface area contributed by atoms with Crippen LogP contribution in [-0.2, 0) is 6.61 Å². The molecule has 0 unspecified atom stereocenters. The molecule has 0 aliphatic heterocycles. The third-order valence-corrected chi connectivity index (χ3v) is 3.14. The van der Waals surface area contributed by atoms with E-state index in [9.17, 15) is 9.18 Å². The van der Waals surface area contributed by atoms with Crippen LogP contribution in [0.3, 0.4) is 0 Å². The van der Waals surface area contributed by atoms with Gasteiger partial charge in [0.25, 0.3) is 0 Å². The van der Waals surface area contributed by atoms with E-state index in [1.54, 1.807) is 12.1 Å². The van der Waals surface area contributed by atoms with Crippen molar-refractivity contribution in [3.05, 3.63) is 57.8 Å². The molecule has 0 radical (unpaired) electrons. The second-order valence-corrected chi connectivity index (χ2v) is 5.00. The maximum absolute atomic E-state index is 13.6. The molecule has 0 aromatic heterocycles. The van der Waals surface area contributed by atoms with Crippen LogP contribution in [0.15, 0.2) is 40.9 Å². The van der Waals surface area contributed by atoms with Gasteiger partial charge in [-0.3, -0.25) is 0 Å². The zero-order valence-electron chi connectivity index (χ0n) is 10.3. The number of hydrogen-bond acceptors (Lipinski definition) is 3. The number of carbonyl (C=O) groups is 1. The van der Waals surface area contributed by atoms with Crippen molar-refractivity contribution in [2.45, 2.75) is 6.61 Å². The maximum atomic E-state index is 13.6. The van der Waals surface area contributed by atoms with E-state index < -0.39 is 11.8 Å². The number of nitrogen functional groups attached to an aromatic ring is 1. The van der Waals surface area contributed by atoms with Gasteiger partial charge in [-0.25, -0.2) is 9.18 Å². The number of nitrogens with two attached hydrogens (primary N) is 1. The topological polar surface area (TPSA) is 72.6 Å². The molecular formula is C14H11BrFNO3. The zero-order chi connectivity index (χ0) is 14.7. The van der Waals surface area contributed by atoms with Gasteiger partial charge in [0.2, 0.25) is 0 Å². The Bertz CT molecular complexity index is 661. The Kier molecular flexibility index (Phi) is 4.24. The molecule has 0 atom stereocenters. The van der Waals surface area contributed by atoms with Crippen molar-refractivity contribution >= 4 is 27.6 Å². The molecule has 0 fully saturated rings. The molecule has 2 rings (SSSR count). The predicted octanol–water partition coefficient (Wildman–Crippen LogP) is 3.45. The first-order valence-electron chi connectivity index (χ1n) is 5.67. The Labute approximate surface area is 123 Å². The number of aromatic carboxylic acids is 1. The summed E-state index contributed by atoms with van der Waals surface area (Å²) in [5, 5.41) is 8.90. The lowest BCUT2D eigenvalue weighted by Gasteiger charge is -2.10. The van der Waals surface area contributed by atoms with Crippen LogP contribution >= 0.6 is 15.9 Å². The first kappa shape index (κ1) is 14.3. The fourth-order valence-corrected chi connectivity index (χ4v) is 2.01. The van der Waals surface area contributed by atoms with Gasteiger partial charge in [-0.15, -0.1) is 0 Å². The Hall–Kier alpha value is -2.08. The summed E-state index contributed by atoms with van der Waals surface area (Å²) in [6.07, 6.45) is 0. The third kappa shape index (κ3) is 3.27. The lowest BCUT2D eigenvalue weighted by atomic mass is 10.2. The summed E-state index contributed by atoms with van der Waals surface area (Å²) < 4.78 is 19.7. The van der Waals surface area contributed by atoms with Crippen molar-refractivity contribution in [3.8, 4) is 5.75 Å². The summed E-state index contributed by atoms with van der Waals surface area (Å²) in [6, 6.07) is 8.62. The summed E-state index contributed by atoms with van der Waals surface area (Å²) in [5.41, 5.74) is 6.40. The van der Waals surface area contributed by atoms with E-state index in [0.717, 1.165) is 4.47 Å². The second-order valence-electron chi connectivity index (χ2n) is 4.08. The van der Waals surface area contributed by atoms with Crippen LogP contribution in [-0.4, -0.2) is 11.1 Å². The van der Waals surface area contributed by atoms with Gasteiger partial charge in [0.15, 0.2) is 0 Å². The quantitative estimate of drug-likeness (QED) is 0.837. The zero-order valence-corrected chi connectivity index (χ0v) is 11.9. The molecule has 0 aliphatic rings. The molecular weight excluding hydrogens is 329 g/mol. The molecule has 0 amide bonds. The van der Waals surface area contributed by atoms with E-state index in [1.165, 1.54) is 24.3 Å². The van der Waals surface area contributed by atoms with Crippen LogP contribution in [0.2, 0.25) is 0 Å². The van der Waals surface area contributed by atoms with Crippen LogP contribution in [0.1, 0.15) is 15.9 Å². The number of carboxylic acids is 1. The molecule has 2 aromatic rings. The van der Waals surface area contributed by atoms with E-state index in [4.69, 9.17) is 15.6 Å². The van der Waals surface area contributed by atoms with E-state index in [0.29, 0.717) is 11.3 Å². The fourth-order valence-electron chi connectivity index (χ4n) is 1.60. The van der Waals surface area contributed by atoms with Crippen molar-refractivity contribution in [1.29, 1.82) is 0 Å². The summed E-state index contributed by atoms with van der Waals surface area (Å²) >= 11 is 3.24. The number of rotatable bonds is 4. The Morgan fingerprint density at radius 1 is 1.30 bits per heavy atom. The Morgan fingerprint density at radius 2 is 2.05 bits per heavy atom. The largest absolute Gasteiger partial charge is 0.487 e. The normalized spacial score (nSPS) is 10.3. The smallest absolute Gasteiger partial charge is 0.335 e. The average molecular weight is 340 g/mol. The minimum Gasteiger partial charge on any atom is -0.487 e. The van der Waals surface area contributed by atoms with Gasteiger partial charge in [0, 0.05) is 10.0 Å². The van der Waals surface area contributed by atoms with E-state index in [-0.39, 0.29) is 17.9 Å². The molecule has 0 saturated carbocycles. The standard InChI is InChI=1S/C14H11BrFNO3/c15-10-2-3-11(16)9(5-10)7-20-13-6-8(14(18)19)1-4-12(13)17/h1-6H,7,17H2,(H,18,19). The molecule has 3 N–H and O–H groups in total. The molecule has 6 heteroatoms. The summed E-state index contributed by atoms with van der Waals surface area (Å²) in [6.45, 7) is -0.0431.